The zero-order valence-electron chi connectivity index (χ0n) is 22.0. The molecule has 0 fully saturated rings. The van der Waals surface area contributed by atoms with Crippen LogP contribution in [-0.2, 0) is 28.5 Å². The summed E-state index contributed by atoms with van der Waals surface area (Å²) >= 11 is 0. The Morgan fingerprint density at radius 3 is 1.76 bits per heavy atom. The normalized spacial score (nSPS) is 13.9. The predicted molar refractivity (Wildman–Crippen MR) is 122 cm³/mol. The summed E-state index contributed by atoms with van der Waals surface area (Å²) in [6.07, 6.45) is -0.931. The summed E-state index contributed by atoms with van der Waals surface area (Å²) in [6, 6.07) is 0. The number of nitrogens with zero attached hydrogens (tertiary/aromatic N) is 1. The summed E-state index contributed by atoms with van der Waals surface area (Å²) in [7, 11) is 1.29. The first-order valence-electron chi connectivity index (χ1n) is 11.0. The lowest BCUT2D eigenvalue weighted by Gasteiger charge is -2.34. The summed E-state index contributed by atoms with van der Waals surface area (Å²) in [5, 5.41) is 2.45. The molecule has 0 saturated heterocycles. The first-order valence-corrected chi connectivity index (χ1v) is 11.0. The summed E-state index contributed by atoms with van der Waals surface area (Å²) < 4.78 is 20.8. The fraction of sp³-hybridized carbons (Fsp3) is 0.826. The second kappa shape index (κ2) is 11.6. The van der Waals surface area contributed by atoms with Gasteiger partial charge in [0.2, 0.25) is 0 Å². The van der Waals surface area contributed by atoms with Gasteiger partial charge in [0.1, 0.15) is 17.9 Å². The zero-order valence-corrected chi connectivity index (χ0v) is 22.0. The molecule has 0 aromatic carbocycles. The van der Waals surface area contributed by atoms with Gasteiger partial charge >= 0.3 is 24.1 Å². The quantitative estimate of drug-likeness (QED) is 0.300. The minimum Gasteiger partial charge on any atom is -0.469 e. The van der Waals surface area contributed by atoms with E-state index in [0.717, 1.165) is 4.90 Å². The molecule has 0 spiro atoms. The van der Waals surface area contributed by atoms with Gasteiger partial charge in [0, 0.05) is 0 Å². The number of amides is 2. The van der Waals surface area contributed by atoms with Crippen molar-refractivity contribution in [1.29, 1.82) is 0 Å². The van der Waals surface area contributed by atoms with Crippen molar-refractivity contribution in [2.45, 2.75) is 93.3 Å². The van der Waals surface area contributed by atoms with E-state index in [2.05, 4.69) is 5.32 Å². The van der Waals surface area contributed by atoms with E-state index in [0.29, 0.717) is 6.42 Å². The maximum absolute atomic E-state index is 13.0. The molecule has 1 unspecified atom stereocenters. The maximum Gasteiger partial charge on any atom is 0.414 e. The van der Waals surface area contributed by atoms with E-state index in [1.807, 2.05) is 6.92 Å². The third kappa shape index (κ3) is 11.3. The molecule has 0 aromatic rings. The number of rotatable bonds is 9. The largest absolute Gasteiger partial charge is 0.469 e. The zero-order chi connectivity index (χ0) is 26.3. The van der Waals surface area contributed by atoms with Crippen molar-refractivity contribution in [3.8, 4) is 0 Å². The third-order valence-electron chi connectivity index (χ3n) is 4.66. The number of carbonyl (C=O) groups is 4. The molecule has 33 heavy (non-hydrogen) atoms. The van der Waals surface area contributed by atoms with E-state index in [1.54, 1.807) is 62.3 Å². The van der Waals surface area contributed by atoms with Gasteiger partial charge in [0.15, 0.2) is 6.73 Å². The molecule has 0 bridgehead atoms. The number of carbonyl (C=O) groups excluding carboxylic acids is 4. The molecule has 1 atom stereocenters. The number of hydrogen-bond acceptors (Lipinski definition) is 8. The molecule has 10 heteroatoms. The SMILES string of the molecule is CCC(C)(CC(C)(C)C(=O)OC)C(=O)OCN(CNC(=O)OC(C)(C)C)C(=O)OC(C)(C)C. The molecule has 0 aliphatic heterocycles. The van der Waals surface area contributed by atoms with E-state index < -0.39 is 52.9 Å². The average Bonchev–Trinajstić information content (AvgIpc) is 2.63. The Balaban J connectivity index is 5.40. The van der Waals surface area contributed by atoms with Gasteiger partial charge in [-0.05, 0) is 75.2 Å². The summed E-state index contributed by atoms with van der Waals surface area (Å²) in [5.41, 5.74) is -3.44. The Morgan fingerprint density at radius 2 is 1.33 bits per heavy atom. The van der Waals surface area contributed by atoms with Crippen LogP contribution in [0.4, 0.5) is 9.59 Å². The van der Waals surface area contributed by atoms with Gasteiger partial charge < -0.3 is 24.3 Å². The molecule has 0 rings (SSSR count). The molecular formula is C23H42N2O8. The van der Waals surface area contributed by atoms with Gasteiger partial charge in [-0.25, -0.2) is 9.59 Å². The van der Waals surface area contributed by atoms with E-state index in [-0.39, 0.29) is 13.1 Å². The number of alkyl carbamates (subject to hydrolysis) is 1. The van der Waals surface area contributed by atoms with E-state index in [4.69, 9.17) is 18.9 Å². The first-order chi connectivity index (χ1) is 14.8. The summed E-state index contributed by atoms with van der Waals surface area (Å²) in [4.78, 5) is 50.7. The second-order valence-electron chi connectivity index (χ2n) is 10.9. The van der Waals surface area contributed by atoms with Crippen molar-refractivity contribution in [3.63, 3.8) is 0 Å². The Labute approximate surface area is 197 Å². The fourth-order valence-electron chi connectivity index (χ4n) is 2.94. The van der Waals surface area contributed by atoms with Crippen LogP contribution in [0.3, 0.4) is 0 Å². The molecule has 0 saturated carbocycles. The Morgan fingerprint density at radius 1 is 0.818 bits per heavy atom. The van der Waals surface area contributed by atoms with Crippen molar-refractivity contribution < 1.29 is 38.1 Å². The van der Waals surface area contributed by atoms with Crippen LogP contribution < -0.4 is 5.32 Å². The maximum atomic E-state index is 13.0. The average molecular weight is 475 g/mol. The molecular weight excluding hydrogens is 432 g/mol. The van der Waals surface area contributed by atoms with Crippen LogP contribution in [0, 0.1) is 10.8 Å². The molecule has 0 aliphatic carbocycles. The van der Waals surface area contributed by atoms with Crippen molar-refractivity contribution in [3.05, 3.63) is 0 Å². The molecule has 1 N–H and O–H groups in total. The molecule has 0 heterocycles. The van der Waals surface area contributed by atoms with Gasteiger partial charge in [-0.1, -0.05) is 6.92 Å². The smallest absolute Gasteiger partial charge is 0.414 e. The highest BCUT2D eigenvalue weighted by molar-refractivity contribution is 5.80. The molecule has 2 amide bonds. The Kier molecular flexibility index (Phi) is 10.7. The lowest BCUT2D eigenvalue weighted by Crippen LogP contribution is -2.47. The lowest BCUT2D eigenvalue weighted by atomic mass is 9.72. The number of esters is 2. The highest BCUT2D eigenvalue weighted by Crippen LogP contribution is 2.38. The van der Waals surface area contributed by atoms with Crippen LogP contribution >= 0.6 is 0 Å². The molecule has 0 radical (unpaired) electrons. The van der Waals surface area contributed by atoms with Gasteiger partial charge in [-0.3, -0.25) is 14.5 Å². The molecule has 0 aromatic heterocycles. The highest BCUT2D eigenvalue weighted by atomic mass is 16.6. The van der Waals surface area contributed by atoms with Crippen molar-refractivity contribution in [1.82, 2.24) is 10.2 Å². The Hall–Kier alpha value is -2.52. The van der Waals surface area contributed by atoms with Crippen LogP contribution in [0.15, 0.2) is 0 Å². The first kappa shape index (κ1) is 30.5. The second-order valence-corrected chi connectivity index (χ2v) is 10.9. The minimum atomic E-state index is -1.00. The molecule has 10 nitrogen and oxygen atoms in total. The summed E-state index contributed by atoms with van der Waals surface area (Å²) in [6.45, 7) is 16.3. The monoisotopic (exact) mass is 474 g/mol. The Bertz CT molecular complexity index is 706. The minimum absolute atomic E-state index is 0.185. The number of nitrogens with one attached hydrogen (secondary N) is 1. The molecule has 192 valence electrons. The van der Waals surface area contributed by atoms with Gasteiger partial charge in [-0.2, -0.15) is 0 Å². The number of hydrogen-bond donors (Lipinski definition) is 1. The van der Waals surface area contributed by atoms with Crippen molar-refractivity contribution >= 4 is 24.1 Å². The van der Waals surface area contributed by atoms with Crippen LogP contribution in [0.1, 0.15) is 82.1 Å². The third-order valence-corrected chi connectivity index (χ3v) is 4.66. The van der Waals surface area contributed by atoms with Crippen LogP contribution in [0.25, 0.3) is 0 Å². The number of ether oxygens (including phenoxy) is 4. The summed E-state index contributed by atoms with van der Waals surface area (Å²) in [5.74, 6) is -1.03. The standard InChI is InChI=1S/C23H42N2O8/c1-12-23(10,13-22(8,9)16(26)30-11)17(27)31-15-25(19(29)33-21(5,6)7)14-24-18(28)32-20(2,3)4/h12-15H2,1-11H3,(H,24,28). The van der Waals surface area contributed by atoms with E-state index in [1.165, 1.54) is 7.11 Å². The van der Waals surface area contributed by atoms with Crippen LogP contribution in [-0.4, -0.2) is 60.7 Å². The van der Waals surface area contributed by atoms with Crippen molar-refractivity contribution in [2.24, 2.45) is 10.8 Å². The predicted octanol–water partition coefficient (Wildman–Crippen LogP) is 4.21. The van der Waals surface area contributed by atoms with Crippen LogP contribution in [0.5, 0.6) is 0 Å². The topological polar surface area (TPSA) is 120 Å². The number of methoxy groups -OCH3 is 1. The van der Waals surface area contributed by atoms with Gasteiger partial charge in [-0.15, -0.1) is 0 Å². The van der Waals surface area contributed by atoms with Gasteiger partial charge in [0.25, 0.3) is 0 Å². The lowest BCUT2D eigenvalue weighted by molar-refractivity contribution is -0.165. The van der Waals surface area contributed by atoms with E-state index >= 15 is 0 Å². The van der Waals surface area contributed by atoms with Crippen molar-refractivity contribution in [2.75, 3.05) is 20.5 Å². The van der Waals surface area contributed by atoms with Crippen LogP contribution in [0.2, 0.25) is 0 Å². The van der Waals surface area contributed by atoms with E-state index in [9.17, 15) is 19.2 Å². The fourth-order valence-corrected chi connectivity index (χ4v) is 2.94. The molecule has 0 aliphatic rings. The highest BCUT2D eigenvalue weighted by Gasteiger charge is 2.43. The van der Waals surface area contributed by atoms with Gasteiger partial charge in [0.05, 0.1) is 17.9 Å².